The number of nitrogens with zero attached hydrogens (tertiary/aromatic N) is 1. The van der Waals surface area contributed by atoms with Crippen molar-refractivity contribution in [3.05, 3.63) is 80.2 Å². The molecule has 3 aromatic carbocycles. The molecular formula is C24H21Br2N3O5. The monoisotopic (exact) mass is 589 g/mol. The number of halogens is 2. The number of anilines is 1. The van der Waals surface area contributed by atoms with Crippen molar-refractivity contribution >= 4 is 55.6 Å². The first kappa shape index (κ1) is 25.3. The zero-order valence-corrected chi connectivity index (χ0v) is 21.7. The predicted octanol–water partition coefficient (Wildman–Crippen LogP) is 5.25. The van der Waals surface area contributed by atoms with Crippen LogP contribution in [0.2, 0.25) is 0 Å². The van der Waals surface area contributed by atoms with Crippen LogP contribution >= 0.6 is 31.9 Å². The number of hydrazone groups is 1. The van der Waals surface area contributed by atoms with E-state index in [9.17, 15) is 9.59 Å². The lowest BCUT2D eigenvalue weighted by molar-refractivity contribution is 0.0956. The molecule has 2 N–H and O–H groups in total. The maximum Gasteiger partial charge on any atom is 0.273 e. The maximum atomic E-state index is 12.8. The molecule has 0 saturated heterocycles. The molecule has 176 valence electrons. The summed E-state index contributed by atoms with van der Waals surface area (Å²) in [5.74, 6) is 0.703. The molecule has 0 fully saturated rings. The van der Waals surface area contributed by atoms with Crippen molar-refractivity contribution in [1.29, 1.82) is 0 Å². The van der Waals surface area contributed by atoms with Gasteiger partial charge in [-0.3, -0.25) is 9.59 Å². The Morgan fingerprint density at radius 2 is 1.53 bits per heavy atom. The van der Waals surface area contributed by atoms with Crippen molar-refractivity contribution in [2.75, 3.05) is 26.6 Å². The Morgan fingerprint density at radius 3 is 2.21 bits per heavy atom. The largest absolute Gasteiger partial charge is 0.496 e. The predicted molar refractivity (Wildman–Crippen MR) is 137 cm³/mol. The normalized spacial score (nSPS) is 10.6. The van der Waals surface area contributed by atoms with E-state index < -0.39 is 11.8 Å². The van der Waals surface area contributed by atoms with Crippen LogP contribution in [-0.4, -0.2) is 39.4 Å². The Bertz CT molecular complexity index is 1250. The molecule has 0 aromatic heterocycles. The SMILES string of the molecule is COc1ccc(C=NNC(=O)c2cc(Br)ccc2NC(=O)c2ccc(OC)c(OC)c2)cc1Br. The molecule has 0 radical (unpaired) electrons. The van der Waals surface area contributed by atoms with Crippen molar-refractivity contribution in [2.45, 2.75) is 0 Å². The number of hydrogen-bond acceptors (Lipinski definition) is 6. The lowest BCUT2D eigenvalue weighted by atomic mass is 10.1. The van der Waals surface area contributed by atoms with Crippen molar-refractivity contribution in [3.8, 4) is 17.2 Å². The highest BCUT2D eigenvalue weighted by Crippen LogP contribution is 2.29. The summed E-state index contributed by atoms with van der Waals surface area (Å²) in [6.07, 6.45) is 1.50. The number of amides is 2. The van der Waals surface area contributed by atoms with Crippen LogP contribution in [0.15, 0.2) is 68.6 Å². The molecule has 3 rings (SSSR count). The van der Waals surface area contributed by atoms with Gasteiger partial charge in [0.15, 0.2) is 11.5 Å². The van der Waals surface area contributed by atoms with Crippen LogP contribution in [0.3, 0.4) is 0 Å². The Morgan fingerprint density at radius 1 is 0.824 bits per heavy atom. The van der Waals surface area contributed by atoms with Crippen molar-refractivity contribution in [2.24, 2.45) is 5.10 Å². The fraction of sp³-hybridized carbons (Fsp3) is 0.125. The number of carbonyl (C=O) groups excluding carboxylic acids is 2. The topological polar surface area (TPSA) is 98.2 Å². The second-order valence-corrected chi connectivity index (χ2v) is 8.58. The Hall–Kier alpha value is -3.37. The first-order valence-corrected chi connectivity index (χ1v) is 11.4. The quantitative estimate of drug-likeness (QED) is 0.276. The van der Waals surface area contributed by atoms with Crippen LogP contribution in [0.1, 0.15) is 26.3 Å². The second-order valence-electron chi connectivity index (χ2n) is 6.81. The van der Waals surface area contributed by atoms with E-state index in [1.165, 1.54) is 20.4 Å². The van der Waals surface area contributed by atoms with Gasteiger partial charge < -0.3 is 19.5 Å². The smallest absolute Gasteiger partial charge is 0.273 e. The average Bonchev–Trinajstić information content (AvgIpc) is 2.84. The van der Waals surface area contributed by atoms with Crippen molar-refractivity contribution < 1.29 is 23.8 Å². The number of nitrogens with one attached hydrogen (secondary N) is 2. The third-order valence-corrected chi connectivity index (χ3v) is 5.79. The molecule has 0 spiro atoms. The zero-order chi connectivity index (χ0) is 24.7. The van der Waals surface area contributed by atoms with Crippen LogP contribution < -0.4 is 25.0 Å². The summed E-state index contributed by atoms with van der Waals surface area (Å²) in [4.78, 5) is 25.6. The number of carbonyl (C=O) groups is 2. The van der Waals surface area contributed by atoms with Gasteiger partial charge in [0.2, 0.25) is 0 Å². The van der Waals surface area contributed by atoms with Crippen molar-refractivity contribution in [1.82, 2.24) is 5.43 Å². The van der Waals surface area contributed by atoms with Crippen LogP contribution in [0, 0.1) is 0 Å². The van der Waals surface area contributed by atoms with Gasteiger partial charge >= 0.3 is 0 Å². The highest BCUT2D eigenvalue weighted by atomic mass is 79.9. The van der Waals surface area contributed by atoms with Gasteiger partial charge in [0.05, 0.1) is 43.3 Å². The molecule has 0 bridgehead atoms. The molecule has 0 aliphatic carbocycles. The molecule has 2 amide bonds. The highest BCUT2D eigenvalue weighted by Gasteiger charge is 2.16. The summed E-state index contributed by atoms with van der Waals surface area (Å²) >= 11 is 6.77. The second kappa shape index (κ2) is 11.7. The van der Waals surface area contributed by atoms with Crippen LogP contribution in [-0.2, 0) is 0 Å². The third kappa shape index (κ3) is 6.15. The van der Waals surface area contributed by atoms with E-state index >= 15 is 0 Å². The Balaban J connectivity index is 1.77. The standard InChI is InChI=1S/C24H21Br2N3O5/c1-32-20-8-4-14(10-18(20)26)13-27-29-24(31)17-12-16(25)6-7-19(17)28-23(30)15-5-9-21(33-2)22(11-15)34-3/h4-13H,1-3H3,(H,28,30)(H,29,31). The molecule has 10 heteroatoms. The molecule has 0 heterocycles. The maximum absolute atomic E-state index is 12.8. The van der Waals surface area contributed by atoms with E-state index in [1.54, 1.807) is 55.6 Å². The molecule has 3 aromatic rings. The molecule has 0 unspecified atom stereocenters. The number of benzene rings is 3. The van der Waals surface area contributed by atoms with Gasteiger partial charge in [0.1, 0.15) is 5.75 Å². The van der Waals surface area contributed by atoms with Crippen LogP contribution in [0.4, 0.5) is 5.69 Å². The molecule has 0 saturated carbocycles. The van der Waals surface area contributed by atoms with Crippen LogP contribution in [0.5, 0.6) is 17.2 Å². The van der Waals surface area contributed by atoms with Gasteiger partial charge in [-0.2, -0.15) is 5.10 Å². The molecular weight excluding hydrogens is 570 g/mol. The summed E-state index contributed by atoms with van der Waals surface area (Å²) in [6.45, 7) is 0. The fourth-order valence-corrected chi connectivity index (χ4v) is 3.89. The lowest BCUT2D eigenvalue weighted by Gasteiger charge is -2.12. The van der Waals surface area contributed by atoms with E-state index in [1.807, 2.05) is 6.07 Å². The molecule has 0 atom stereocenters. The van der Waals surface area contributed by atoms with Gasteiger partial charge in [-0.05, 0) is 76.1 Å². The number of rotatable bonds is 8. The minimum Gasteiger partial charge on any atom is -0.496 e. The number of ether oxygens (including phenoxy) is 3. The molecule has 34 heavy (non-hydrogen) atoms. The van der Waals surface area contributed by atoms with Crippen LogP contribution in [0.25, 0.3) is 0 Å². The van der Waals surface area contributed by atoms with E-state index in [-0.39, 0.29) is 5.56 Å². The Kier molecular flexibility index (Phi) is 8.67. The first-order valence-electron chi connectivity index (χ1n) is 9.86. The zero-order valence-electron chi connectivity index (χ0n) is 18.5. The Labute approximate surface area is 213 Å². The van der Waals surface area contributed by atoms with Crippen molar-refractivity contribution in [3.63, 3.8) is 0 Å². The number of hydrogen-bond donors (Lipinski definition) is 2. The van der Waals surface area contributed by atoms with E-state index in [0.29, 0.717) is 33.0 Å². The van der Waals surface area contributed by atoms with Gasteiger partial charge in [-0.25, -0.2) is 5.43 Å². The number of methoxy groups -OCH3 is 3. The van der Waals surface area contributed by atoms with Gasteiger partial charge in [-0.15, -0.1) is 0 Å². The third-order valence-electron chi connectivity index (χ3n) is 4.68. The molecule has 0 aliphatic heterocycles. The van der Waals surface area contributed by atoms with Gasteiger partial charge in [0.25, 0.3) is 11.8 Å². The van der Waals surface area contributed by atoms with Gasteiger partial charge in [-0.1, -0.05) is 15.9 Å². The first-order chi connectivity index (χ1) is 16.4. The minimum atomic E-state index is -0.493. The highest BCUT2D eigenvalue weighted by molar-refractivity contribution is 9.10. The molecule has 8 nitrogen and oxygen atoms in total. The minimum absolute atomic E-state index is 0.233. The summed E-state index contributed by atoms with van der Waals surface area (Å²) < 4.78 is 17.1. The summed E-state index contributed by atoms with van der Waals surface area (Å²) in [5.41, 5.74) is 4.14. The fourth-order valence-electron chi connectivity index (χ4n) is 2.97. The summed E-state index contributed by atoms with van der Waals surface area (Å²) in [6, 6.07) is 15.1. The molecule has 0 aliphatic rings. The summed E-state index contributed by atoms with van der Waals surface area (Å²) in [5, 5.41) is 6.78. The average molecular weight is 591 g/mol. The van der Waals surface area contributed by atoms with E-state index in [4.69, 9.17) is 14.2 Å². The summed E-state index contributed by atoms with van der Waals surface area (Å²) in [7, 11) is 4.58. The van der Waals surface area contributed by atoms with E-state index in [0.717, 1.165) is 10.0 Å². The van der Waals surface area contributed by atoms with Gasteiger partial charge in [0, 0.05) is 10.0 Å². The van der Waals surface area contributed by atoms with E-state index in [2.05, 4.69) is 47.7 Å². The lowest BCUT2D eigenvalue weighted by Crippen LogP contribution is -2.21.